The zero-order valence-corrected chi connectivity index (χ0v) is 14.8. The van der Waals surface area contributed by atoms with Crippen LogP contribution in [-0.2, 0) is 18.4 Å². The second-order valence-electron chi connectivity index (χ2n) is 6.11. The topological polar surface area (TPSA) is 126 Å². The van der Waals surface area contributed by atoms with Crippen molar-refractivity contribution in [1.82, 2.24) is 9.78 Å². The summed E-state index contributed by atoms with van der Waals surface area (Å²) in [6.45, 7) is 3.54. The lowest BCUT2D eigenvalue weighted by molar-refractivity contribution is -0.119. The summed E-state index contributed by atoms with van der Waals surface area (Å²) in [5, 5.41) is 4.55. The molecule has 3 rings (SSSR count). The zero-order chi connectivity index (χ0) is 19.0. The van der Waals surface area contributed by atoms with E-state index in [2.05, 4.69) is 5.10 Å². The highest BCUT2D eigenvalue weighted by Crippen LogP contribution is 2.38. The molecular weight excluding hydrogens is 336 g/mol. The smallest absolute Gasteiger partial charge is 0.252 e. The van der Waals surface area contributed by atoms with Gasteiger partial charge in [-0.15, -0.1) is 0 Å². The van der Waals surface area contributed by atoms with Gasteiger partial charge in [-0.2, -0.15) is 5.10 Å². The Morgan fingerprint density at radius 2 is 2.04 bits per heavy atom. The third-order valence-electron chi connectivity index (χ3n) is 4.44. The molecule has 0 fully saturated rings. The molecular formula is C18H20N4O4. The minimum Gasteiger partial charge on any atom is -0.487 e. The summed E-state index contributed by atoms with van der Waals surface area (Å²) in [5.74, 6) is -1.06. The Bertz CT molecular complexity index is 1000. The monoisotopic (exact) mass is 356 g/mol. The van der Waals surface area contributed by atoms with Crippen LogP contribution in [0, 0.1) is 6.92 Å². The number of furan rings is 1. The fourth-order valence-electron chi connectivity index (χ4n) is 3.00. The number of fused-ring (bicyclic) bond motifs is 1. The molecule has 2 heterocycles. The number of carbonyl (C=O) groups is 2. The molecule has 0 saturated heterocycles. The van der Waals surface area contributed by atoms with Crippen LogP contribution in [0.1, 0.15) is 40.2 Å². The predicted molar refractivity (Wildman–Crippen MR) is 94.6 cm³/mol. The van der Waals surface area contributed by atoms with Gasteiger partial charge in [0.1, 0.15) is 23.7 Å². The highest BCUT2D eigenvalue weighted by Gasteiger charge is 2.27. The van der Waals surface area contributed by atoms with Crippen molar-refractivity contribution >= 4 is 22.8 Å². The van der Waals surface area contributed by atoms with E-state index in [1.54, 1.807) is 43.9 Å². The van der Waals surface area contributed by atoms with Crippen molar-refractivity contribution < 1.29 is 18.7 Å². The lowest BCUT2D eigenvalue weighted by Crippen LogP contribution is -2.21. The Morgan fingerprint density at radius 3 is 2.62 bits per heavy atom. The Balaban J connectivity index is 2.17. The maximum atomic E-state index is 11.9. The second kappa shape index (κ2) is 6.55. The quantitative estimate of drug-likeness (QED) is 0.695. The zero-order valence-electron chi connectivity index (χ0n) is 14.8. The SMILES string of the molecule is Cc1oc2ccc(OCc3ccnn3C)c(C(C)C(N)=O)c2c1C(N)=O. The largest absolute Gasteiger partial charge is 0.487 e. The number of aryl methyl sites for hydroxylation is 2. The average Bonchev–Trinajstić information content (AvgIpc) is 3.13. The average molecular weight is 356 g/mol. The van der Waals surface area contributed by atoms with Gasteiger partial charge in [-0.05, 0) is 32.0 Å². The normalized spacial score (nSPS) is 12.3. The number of nitrogens with zero attached hydrogens (tertiary/aromatic N) is 2. The molecule has 8 nitrogen and oxygen atoms in total. The second-order valence-corrected chi connectivity index (χ2v) is 6.11. The van der Waals surface area contributed by atoms with Gasteiger partial charge in [0.25, 0.3) is 5.91 Å². The van der Waals surface area contributed by atoms with Gasteiger partial charge in [0.2, 0.25) is 5.91 Å². The van der Waals surface area contributed by atoms with Gasteiger partial charge in [-0.25, -0.2) is 0 Å². The van der Waals surface area contributed by atoms with Crippen molar-refractivity contribution in [3.8, 4) is 5.75 Å². The van der Waals surface area contributed by atoms with Crippen molar-refractivity contribution in [2.45, 2.75) is 26.4 Å². The van der Waals surface area contributed by atoms with E-state index in [0.717, 1.165) is 5.69 Å². The molecule has 0 saturated carbocycles. The lowest BCUT2D eigenvalue weighted by atomic mass is 9.93. The van der Waals surface area contributed by atoms with Crippen LogP contribution >= 0.6 is 0 Å². The maximum Gasteiger partial charge on any atom is 0.252 e. The molecule has 2 amide bonds. The highest BCUT2D eigenvalue weighted by atomic mass is 16.5. The third kappa shape index (κ3) is 2.90. The Morgan fingerprint density at radius 1 is 1.31 bits per heavy atom. The molecule has 4 N–H and O–H groups in total. The van der Waals surface area contributed by atoms with Crippen molar-refractivity contribution in [2.24, 2.45) is 18.5 Å². The first-order valence-electron chi connectivity index (χ1n) is 8.06. The van der Waals surface area contributed by atoms with Crippen molar-refractivity contribution in [1.29, 1.82) is 0 Å². The lowest BCUT2D eigenvalue weighted by Gasteiger charge is -2.16. The van der Waals surface area contributed by atoms with Crippen LogP contribution in [-0.4, -0.2) is 21.6 Å². The first kappa shape index (κ1) is 17.5. The van der Waals surface area contributed by atoms with Crippen LogP contribution in [0.4, 0.5) is 0 Å². The fourth-order valence-corrected chi connectivity index (χ4v) is 3.00. The molecule has 0 aliphatic carbocycles. The van der Waals surface area contributed by atoms with Crippen molar-refractivity contribution in [3.05, 3.63) is 47.0 Å². The Labute approximate surface area is 149 Å². The van der Waals surface area contributed by atoms with E-state index < -0.39 is 17.7 Å². The third-order valence-corrected chi connectivity index (χ3v) is 4.44. The number of carbonyl (C=O) groups excluding carboxylic acids is 2. The molecule has 2 aromatic heterocycles. The van der Waals surface area contributed by atoms with Crippen LogP contribution in [0.3, 0.4) is 0 Å². The number of benzene rings is 1. The summed E-state index contributed by atoms with van der Waals surface area (Å²) >= 11 is 0. The predicted octanol–water partition coefficient (Wildman–Crippen LogP) is 1.74. The van der Waals surface area contributed by atoms with E-state index in [1.807, 2.05) is 6.07 Å². The number of aromatic nitrogens is 2. The molecule has 0 aliphatic heterocycles. The Kier molecular flexibility index (Phi) is 4.41. The number of primary amides is 2. The minimum atomic E-state index is -0.699. The van der Waals surface area contributed by atoms with Gasteiger partial charge < -0.3 is 20.6 Å². The van der Waals surface area contributed by atoms with E-state index >= 15 is 0 Å². The van der Waals surface area contributed by atoms with Crippen LogP contribution < -0.4 is 16.2 Å². The van der Waals surface area contributed by atoms with Crippen molar-refractivity contribution in [2.75, 3.05) is 0 Å². The molecule has 0 bridgehead atoms. The van der Waals surface area contributed by atoms with Crippen LogP contribution in [0.25, 0.3) is 11.0 Å². The summed E-state index contributed by atoms with van der Waals surface area (Å²) in [6, 6.07) is 5.21. The van der Waals surface area contributed by atoms with Gasteiger partial charge in [0, 0.05) is 24.2 Å². The number of ether oxygens (including phenoxy) is 1. The van der Waals surface area contributed by atoms with Gasteiger partial charge in [0.15, 0.2) is 0 Å². The summed E-state index contributed by atoms with van der Waals surface area (Å²) < 4.78 is 13.2. The van der Waals surface area contributed by atoms with E-state index in [-0.39, 0.29) is 12.2 Å². The molecule has 136 valence electrons. The molecule has 0 spiro atoms. The van der Waals surface area contributed by atoms with Gasteiger partial charge in [0.05, 0.1) is 17.2 Å². The van der Waals surface area contributed by atoms with Crippen molar-refractivity contribution in [3.63, 3.8) is 0 Å². The summed E-state index contributed by atoms with van der Waals surface area (Å²) in [4.78, 5) is 23.8. The molecule has 3 aromatic rings. The van der Waals surface area contributed by atoms with Crippen LogP contribution in [0.5, 0.6) is 5.75 Å². The number of hydrogen-bond acceptors (Lipinski definition) is 5. The fraction of sp³-hybridized carbons (Fsp3) is 0.278. The number of hydrogen-bond donors (Lipinski definition) is 2. The first-order valence-corrected chi connectivity index (χ1v) is 8.06. The van der Waals surface area contributed by atoms with E-state index in [0.29, 0.717) is 28.0 Å². The first-order chi connectivity index (χ1) is 12.3. The van der Waals surface area contributed by atoms with Crippen LogP contribution in [0.15, 0.2) is 28.8 Å². The number of nitrogens with two attached hydrogens (primary N) is 2. The molecule has 8 heteroatoms. The van der Waals surface area contributed by atoms with E-state index in [1.165, 1.54) is 0 Å². The van der Waals surface area contributed by atoms with Gasteiger partial charge in [-0.3, -0.25) is 14.3 Å². The summed E-state index contributed by atoms with van der Waals surface area (Å²) in [6.07, 6.45) is 1.67. The Hall–Kier alpha value is -3.29. The van der Waals surface area contributed by atoms with Crippen LogP contribution in [0.2, 0.25) is 0 Å². The summed E-state index contributed by atoms with van der Waals surface area (Å²) in [7, 11) is 1.81. The minimum absolute atomic E-state index is 0.231. The number of rotatable bonds is 6. The van der Waals surface area contributed by atoms with E-state index in [9.17, 15) is 9.59 Å². The van der Waals surface area contributed by atoms with Gasteiger partial charge >= 0.3 is 0 Å². The standard InChI is InChI=1S/C18H20N4O4/c1-9(17(19)23)14-12(25-8-11-6-7-21-22(11)3)4-5-13-16(14)15(18(20)24)10(2)26-13/h4-7,9H,8H2,1-3H3,(H2,19,23)(H2,20,24). The molecule has 26 heavy (non-hydrogen) atoms. The number of amides is 2. The molecule has 1 unspecified atom stereocenters. The molecule has 1 atom stereocenters. The van der Waals surface area contributed by atoms with E-state index in [4.69, 9.17) is 20.6 Å². The highest BCUT2D eigenvalue weighted by molar-refractivity contribution is 6.09. The molecule has 0 aliphatic rings. The van der Waals surface area contributed by atoms with Gasteiger partial charge in [-0.1, -0.05) is 0 Å². The molecule has 0 radical (unpaired) electrons. The summed E-state index contributed by atoms with van der Waals surface area (Å²) in [5.41, 5.74) is 13.1. The molecule has 1 aromatic carbocycles. The maximum absolute atomic E-state index is 11.9.